The molecule has 0 aliphatic heterocycles. The first-order valence-electron chi connectivity index (χ1n) is 9.08. The normalized spacial score (nSPS) is 11.1. The number of carbonyl (C=O) groups is 4. The van der Waals surface area contributed by atoms with Gasteiger partial charge in [0.25, 0.3) is 11.8 Å². The van der Waals surface area contributed by atoms with Gasteiger partial charge >= 0.3 is 12.0 Å². The number of carbonyl (C=O) groups excluding carboxylic acids is 4. The zero-order valence-corrected chi connectivity index (χ0v) is 16.2. The number of hydrogen-bond donors (Lipinski definition) is 3. The van der Waals surface area contributed by atoms with Crippen molar-refractivity contribution < 1.29 is 23.9 Å². The van der Waals surface area contributed by atoms with Crippen LogP contribution in [0.4, 0.5) is 4.79 Å². The summed E-state index contributed by atoms with van der Waals surface area (Å²) in [5, 5.41) is 7.02. The second-order valence-electron chi connectivity index (χ2n) is 6.18. The van der Waals surface area contributed by atoms with Crippen LogP contribution in [0.1, 0.15) is 34.5 Å². The topological polar surface area (TPSA) is 114 Å². The summed E-state index contributed by atoms with van der Waals surface area (Å²) < 4.78 is 5.24. The first-order valence-corrected chi connectivity index (χ1v) is 9.08. The van der Waals surface area contributed by atoms with Gasteiger partial charge in [-0.1, -0.05) is 48.0 Å². The molecule has 3 N–H and O–H groups in total. The van der Waals surface area contributed by atoms with Crippen molar-refractivity contribution in [2.45, 2.75) is 20.0 Å². The Labute approximate surface area is 168 Å². The standard InChI is InChI=1S/C21H23N3O5/c1-3-22-21(28)24-20(27)18(15-9-5-4-6-10-15)29-17(25)13-23-19(26)16-11-7-8-14(2)12-16/h4-12,18H,3,13H2,1-2H3,(H,23,26)(H2,22,24,27,28)/t18-/m1/s1. The van der Waals surface area contributed by atoms with Gasteiger partial charge in [0.05, 0.1) is 0 Å². The molecule has 0 aliphatic rings. The summed E-state index contributed by atoms with van der Waals surface area (Å²) in [6.07, 6.45) is -1.33. The molecular formula is C21H23N3O5. The zero-order valence-electron chi connectivity index (χ0n) is 16.2. The van der Waals surface area contributed by atoms with Crippen molar-refractivity contribution in [3.63, 3.8) is 0 Å². The number of esters is 1. The van der Waals surface area contributed by atoms with Gasteiger partial charge in [0.2, 0.25) is 6.10 Å². The van der Waals surface area contributed by atoms with E-state index in [1.165, 1.54) is 0 Å². The summed E-state index contributed by atoms with van der Waals surface area (Å²) in [7, 11) is 0. The molecule has 0 unspecified atom stereocenters. The predicted molar refractivity (Wildman–Crippen MR) is 106 cm³/mol. The summed E-state index contributed by atoms with van der Waals surface area (Å²) >= 11 is 0. The van der Waals surface area contributed by atoms with E-state index in [2.05, 4.69) is 16.0 Å². The molecule has 0 aromatic heterocycles. The Morgan fingerprint density at radius 3 is 2.34 bits per heavy atom. The molecule has 0 saturated carbocycles. The summed E-state index contributed by atoms with van der Waals surface area (Å²) in [6.45, 7) is 3.46. The molecule has 2 aromatic rings. The molecule has 2 aromatic carbocycles. The minimum atomic E-state index is -1.33. The van der Waals surface area contributed by atoms with Crippen LogP contribution in [0, 0.1) is 6.92 Å². The molecule has 0 spiro atoms. The Morgan fingerprint density at radius 1 is 0.966 bits per heavy atom. The highest BCUT2D eigenvalue weighted by Gasteiger charge is 2.26. The molecule has 4 amide bonds. The highest BCUT2D eigenvalue weighted by Crippen LogP contribution is 2.17. The van der Waals surface area contributed by atoms with Gasteiger partial charge in [-0.3, -0.25) is 19.7 Å². The van der Waals surface area contributed by atoms with Crippen LogP contribution < -0.4 is 16.0 Å². The zero-order chi connectivity index (χ0) is 21.2. The summed E-state index contributed by atoms with van der Waals surface area (Å²) in [6, 6.07) is 14.5. The molecule has 0 bridgehead atoms. The van der Waals surface area contributed by atoms with Gasteiger partial charge in [0.1, 0.15) is 6.54 Å². The Balaban J connectivity index is 2.02. The van der Waals surface area contributed by atoms with E-state index in [4.69, 9.17) is 4.74 Å². The average molecular weight is 397 g/mol. The average Bonchev–Trinajstić information content (AvgIpc) is 2.71. The van der Waals surface area contributed by atoms with Crippen molar-refractivity contribution in [3.8, 4) is 0 Å². The van der Waals surface area contributed by atoms with Crippen LogP contribution in [0.2, 0.25) is 0 Å². The number of aryl methyl sites for hydroxylation is 1. The lowest BCUT2D eigenvalue weighted by Crippen LogP contribution is -2.43. The lowest BCUT2D eigenvalue weighted by molar-refractivity contribution is -0.155. The van der Waals surface area contributed by atoms with Crippen LogP contribution >= 0.6 is 0 Å². The molecule has 0 radical (unpaired) electrons. The van der Waals surface area contributed by atoms with Gasteiger partial charge in [0.15, 0.2) is 0 Å². The number of benzene rings is 2. The van der Waals surface area contributed by atoms with Crippen molar-refractivity contribution in [3.05, 3.63) is 71.3 Å². The molecule has 8 heteroatoms. The molecule has 0 heterocycles. The van der Waals surface area contributed by atoms with E-state index < -0.39 is 36.5 Å². The Bertz CT molecular complexity index is 883. The monoisotopic (exact) mass is 397 g/mol. The highest BCUT2D eigenvalue weighted by atomic mass is 16.5. The maximum atomic E-state index is 12.4. The van der Waals surface area contributed by atoms with E-state index >= 15 is 0 Å². The third kappa shape index (κ3) is 6.76. The summed E-state index contributed by atoms with van der Waals surface area (Å²) in [5.74, 6) is -2.04. The van der Waals surface area contributed by atoms with Crippen LogP contribution in [0.5, 0.6) is 0 Å². The van der Waals surface area contributed by atoms with Crippen LogP contribution in [-0.2, 0) is 14.3 Å². The van der Waals surface area contributed by atoms with Crippen molar-refractivity contribution >= 4 is 23.8 Å². The fourth-order valence-electron chi connectivity index (χ4n) is 2.50. The number of nitrogens with one attached hydrogen (secondary N) is 3. The molecule has 0 saturated heterocycles. The van der Waals surface area contributed by atoms with Gasteiger partial charge < -0.3 is 15.4 Å². The lowest BCUT2D eigenvalue weighted by atomic mass is 10.1. The largest absolute Gasteiger partial charge is 0.446 e. The van der Waals surface area contributed by atoms with Crippen LogP contribution in [0.25, 0.3) is 0 Å². The third-order valence-electron chi connectivity index (χ3n) is 3.84. The third-order valence-corrected chi connectivity index (χ3v) is 3.84. The Kier molecular flexibility index (Phi) is 7.90. The van der Waals surface area contributed by atoms with Crippen LogP contribution in [0.3, 0.4) is 0 Å². The van der Waals surface area contributed by atoms with Gasteiger partial charge in [-0.15, -0.1) is 0 Å². The molecule has 29 heavy (non-hydrogen) atoms. The fourth-order valence-corrected chi connectivity index (χ4v) is 2.50. The van der Waals surface area contributed by atoms with Gasteiger partial charge in [-0.25, -0.2) is 4.79 Å². The van der Waals surface area contributed by atoms with Crippen LogP contribution in [-0.4, -0.2) is 36.9 Å². The molecule has 0 aliphatic carbocycles. The van der Waals surface area contributed by atoms with Gasteiger partial charge in [-0.2, -0.15) is 0 Å². The maximum absolute atomic E-state index is 12.4. The van der Waals surface area contributed by atoms with Gasteiger partial charge in [0, 0.05) is 17.7 Å². The number of rotatable bonds is 7. The first-order chi connectivity index (χ1) is 13.9. The van der Waals surface area contributed by atoms with Crippen LogP contribution in [0.15, 0.2) is 54.6 Å². The maximum Gasteiger partial charge on any atom is 0.326 e. The van der Waals surface area contributed by atoms with E-state index in [0.29, 0.717) is 17.7 Å². The van der Waals surface area contributed by atoms with E-state index in [9.17, 15) is 19.2 Å². The van der Waals surface area contributed by atoms with Crippen molar-refractivity contribution in [1.29, 1.82) is 0 Å². The lowest BCUT2D eigenvalue weighted by Gasteiger charge is -2.18. The van der Waals surface area contributed by atoms with Gasteiger partial charge in [-0.05, 0) is 26.0 Å². The Hall–Kier alpha value is -3.68. The van der Waals surface area contributed by atoms with E-state index in [0.717, 1.165) is 5.56 Å². The highest BCUT2D eigenvalue weighted by molar-refractivity contribution is 5.98. The first kappa shape index (κ1) is 21.6. The second kappa shape index (κ2) is 10.6. The smallest absolute Gasteiger partial charge is 0.326 e. The quantitative estimate of drug-likeness (QED) is 0.617. The summed E-state index contributed by atoms with van der Waals surface area (Å²) in [5.41, 5.74) is 1.71. The van der Waals surface area contributed by atoms with E-state index in [1.54, 1.807) is 55.5 Å². The predicted octanol–water partition coefficient (Wildman–Crippen LogP) is 1.86. The molecule has 1 atom stereocenters. The molecule has 2 rings (SSSR count). The number of ether oxygens (including phenoxy) is 1. The molecular weight excluding hydrogens is 374 g/mol. The number of amides is 4. The number of urea groups is 1. The molecule has 8 nitrogen and oxygen atoms in total. The van der Waals surface area contributed by atoms with Crippen molar-refractivity contribution in [1.82, 2.24) is 16.0 Å². The van der Waals surface area contributed by atoms with Crippen molar-refractivity contribution in [2.75, 3.05) is 13.1 Å². The second-order valence-corrected chi connectivity index (χ2v) is 6.18. The minimum Gasteiger partial charge on any atom is -0.446 e. The fraction of sp³-hybridized carbons (Fsp3) is 0.238. The molecule has 0 fully saturated rings. The number of hydrogen-bond acceptors (Lipinski definition) is 5. The minimum absolute atomic E-state index is 0.333. The molecule has 152 valence electrons. The SMILES string of the molecule is CCNC(=O)NC(=O)[C@H](OC(=O)CNC(=O)c1cccc(C)c1)c1ccccc1. The Morgan fingerprint density at radius 2 is 1.69 bits per heavy atom. The van der Waals surface area contributed by atoms with Crippen molar-refractivity contribution in [2.24, 2.45) is 0 Å². The number of imide groups is 1. The van der Waals surface area contributed by atoms with E-state index in [-0.39, 0.29) is 0 Å². The summed E-state index contributed by atoms with van der Waals surface area (Å²) in [4.78, 5) is 48.4. The van der Waals surface area contributed by atoms with E-state index in [1.807, 2.05) is 13.0 Å².